The van der Waals surface area contributed by atoms with Crippen molar-refractivity contribution in [3.05, 3.63) is 65.7 Å². The zero-order chi connectivity index (χ0) is 17.3. The van der Waals surface area contributed by atoms with Crippen molar-refractivity contribution < 1.29 is 9.53 Å². The van der Waals surface area contributed by atoms with E-state index in [0.29, 0.717) is 19.6 Å². The standard InChI is InChI=1S/C20H24N2O2S/c23-20(12-18-15-25-11-10-21-18)22-13-17-8-4-5-9-19(17)24-14-16-6-2-1-3-7-16/h1-9,18,21H,10-15H2,(H,22,23). The van der Waals surface area contributed by atoms with Crippen LogP contribution in [-0.2, 0) is 17.9 Å². The van der Waals surface area contributed by atoms with Gasteiger partial charge in [0.15, 0.2) is 0 Å². The predicted octanol–water partition coefficient (Wildman–Crippen LogP) is 2.98. The lowest BCUT2D eigenvalue weighted by atomic mass is 10.1. The highest BCUT2D eigenvalue weighted by Gasteiger charge is 2.16. The summed E-state index contributed by atoms with van der Waals surface area (Å²) in [5.41, 5.74) is 2.12. The highest BCUT2D eigenvalue weighted by Crippen LogP contribution is 2.19. The first kappa shape index (κ1) is 17.8. The minimum Gasteiger partial charge on any atom is -0.489 e. The summed E-state index contributed by atoms with van der Waals surface area (Å²) in [5.74, 6) is 3.03. The highest BCUT2D eigenvalue weighted by atomic mass is 32.2. The molecule has 25 heavy (non-hydrogen) atoms. The van der Waals surface area contributed by atoms with Crippen molar-refractivity contribution in [2.75, 3.05) is 18.1 Å². The van der Waals surface area contributed by atoms with Gasteiger partial charge < -0.3 is 15.4 Å². The van der Waals surface area contributed by atoms with Gasteiger partial charge in [-0.3, -0.25) is 4.79 Å². The fourth-order valence-electron chi connectivity index (χ4n) is 2.77. The quantitative estimate of drug-likeness (QED) is 0.801. The van der Waals surface area contributed by atoms with Gasteiger partial charge in [0, 0.05) is 42.6 Å². The molecule has 4 nitrogen and oxygen atoms in total. The number of benzene rings is 2. The second-order valence-corrected chi connectivity index (χ2v) is 7.24. The van der Waals surface area contributed by atoms with Crippen LogP contribution in [0.4, 0.5) is 0 Å². The normalized spacial score (nSPS) is 17.0. The number of hydrogen-bond donors (Lipinski definition) is 2. The molecule has 0 spiro atoms. The Morgan fingerprint density at radius 3 is 2.76 bits per heavy atom. The fraction of sp³-hybridized carbons (Fsp3) is 0.350. The summed E-state index contributed by atoms with van der Waals surface area (Å²) in [4.78, 5) is 12.2. The van der Waals surface area contributed by atoms with Gasteiger partial charge in [-0.2, -0.15) is 11.8 Å². The summed E-state index contributed by atoms with van der Waals surface area (Å²) in [6.45, 7) is 2.00. The van der Waals surface area contributed by atoms with Crippen LogP contribution in [0.3, 0.4) is 0 Å². The summed E-state index contributed by atoms with van der Waals surface area (Å²) in [6.07, 6.45) is 0.528. The summed E-state index contributed by atoms with van der Waals surface area (Å²) < 4.78 is 5.94. The van der Waals surface area contributed by atoms with E-state index >= 15 is 0 Å². The summed E-state index contributed by atoms with van der Waals surface area (Å²) in [7, 11) is 0. The Labute approximate surface area is 153 Å². The highest BCUT2D eigenvalue weighted by molar-refractivity contribution is 7.99. The van der Waals surface area contributed by atoms with Crippen molar-refractivity contribution in [2.45, 2.75) is 25.6 Å². The van der Waals surface area contributed by atoms with Crippen molar-refractivity contribution in [3.63, 3.8) is 0 Å². The average Bonchev–Trinajstić information content (AvgIpc) is 2.67. The van der Waals surface area contributed by atoms with E-state index in [9.17, 15) is 4.79 Å². The Morgan fingerprint density at radius 2 is 1.96 bits per heavy atom. The lowest BCUT2D eigenvalue weighted by Crippen LogP contribution is -2.41. The zero-order valence-corrected chi connectivity index (χ0v) is 15.1. The van der Waals surface area contributed by atoms with Gasteiger partial charge in [0.1, 0.15) is 12.4 Å². The molecule has 2 aromatic rings. The molecular weight excluding hydrogens is 332 g/mol. The van der Waals surface area contributed by atoms with Crippen molar-refractivity contribution in [3.8, 4) is 5.75 Å². The van der Waals surface area contributed by atoms with Gasteiger partial charge in [0.2, 0.25) is 5.91 Å². The first-order chi connectivity index (χ1) is 12.3. The molecule has 1 atom stereocenters. The monoisotopic (exact) mass is 356 g/mol. The molecule has 1 fully saturated rings. The van der Waals surface area contributed by atoms with E-state index in [1.54, 1.807) is 0 Å². The third kappa shape index (κ3) is 5.80. The molecule has 1 aliphatic heterocycles. The Bertz CT molecular complexity index is 672. The van der Waals surface area contributed by atoms with Crippen LogP contribution in [0.1, 0.15) is 17.5 Å². The van der Waals surface area contributed by atoms with Crippen LogP contribution in [0, 0.1) is 0 Å². The maximum absolute atomic E-state index is 12.2. The minimum atomic E-state index is 0.0814. The Hall–Kier alpha value is -1.98. The number of para-hydroxylation sites is 1. The predicted molar refractivity (Wildman–Crippen MR) is 103 cm³/mol. The molecule has 1 saturated heterocycles. The summed E-state index contributed by atoms with van der Waals surface area (Å²) >= 11 is 1.90. The van der Waals surface area contributed by atoms with Crippen molar-refractivity contribution >= 4 is 17.7 Å². The molecule has 132 valence electrons. The van der Waals surface area contributed by atoms with Gasteiger partial charge in [-0.25, -0.2) is 0 Å². The first-order valence-corrected chi connectivity index (χ1v) is 9.79. The number of hydrogen-bond acceptors (Lipinski definition) is 4. The van der Waals surface area contributed by atoms with E-state index in [1.165, 1.54) is 0 Å². The third-order valence-corrected chi connectivity index (χ3v) is 5.25. The van der Waals surface area contributed by atoms with E-state index in [1.807, 2.05) is 66.4 Å². The molecule has 0 radical (unpaired) electrons. The average molecular weight is 356 g/mol. The van der Waals surface area contributed by atoms with Crippen LogP contribution < -0.4 is 15.4 Å². The second-order valence-electron chi connectivity index (χ2n) is 6.09. The van der Waals surface area contributed by atoms with Gasteiger partial charge in [-0.15, -0.1) is 0 Å². The van der Waals surface area contributed by atoms with Crippen molar-refractivity contribution in [2.24, 2.45) is 0 Å². The SMILES string of the molecule is O=C(CC1CSCCN1)NCc1ccccc1OCc1ccccc1. The lowest BCUT2D eigenvalue weighted by Gasteiger charge is -2.22. The van der Waals surface area contributed by atoms with E-state index in [0.717, 1.165) is 34.9 Å². The molecule has 0 bridgehead atoms. The molecule has 1 unspecified atom stereocenters. The molecule has 0 aromatic heterocycles. The number of nitrogens with one attached hydrogen (secondary N) is 2. The van der Waals surface area contributed by atoms with Crippen LogP contribution in [0.15, 0.2) is 54.6 Å². The Kier molecular flexibility index (Phi) is 6.77. The Morgan fingerprint density at radius 1 is 1.16 bits per heavy atom. The smallest absolute Gasteiger partial charge is 0.221 e. The molecule has 0 aliphatic carbocycles. The minimum absolute atomic E-state index is 0.0814. The largest absolute Gasteiger partial charge is 0.489 e. The fourth-order valence-corrected chi connectivity index (χ4v) is 3.72. The van der Waals surface area contributed by atoms with Gasteiger partial charge in [-0.05, 0) is 11.6 Å². The topological polar surface area (TPSA) is 50.4 Å². The van der Waals surface area contributed by atoms with Crippen LogP contribution in [0.25, 0.3) is 0 Å². The molecule has 1 heterocycles. The molecule has 3 rings (SSSR count). The third-order valence-electron chi connectivity index (χ3n) is 4.12. The van der Waals surface area contributed by atoms with Gasteiger partial charge in [-0.1, -0.05) is 48.5 Å². The number of rotatable bonds is 7. The molecule has 1 aliphatic rings. The molecule has 1 amide bonds. The summed E-state index contributed by atoms with van der Waals surface area (Å²) in [5, 5.41) is 6.41. The number of ether oxygens (including phenoxy) is 1. The van der Waals surface area contributed by atoms with Crippen LogP contribution in [0.5, 0.6) is 5.75 Å². The molecule has 2 N–H and O–H groups in total. The Balaban J connectivity index is 1.51. The lowest BCUT2D eigenvalue weighted by molar-refractivity contribution is -0.121. The number of carbonyl (C=O) groups is 1. The van der Waals surface area contributed by atoms with Gasteiger partial charge in [0.05, 0.1) is 0 Å². The molecule has 0 saturated carbocycles. The zero-order valence-electron chi connectivity index (χ0n) is 14.2. The van der Waals surface area contributed by atoms with Crippen molar-refractivity contribution in [1.29, 1.82) is 0 Å². The van der Waals surface area contributed by atoms with Crippen molar-refractivity contribution in [1.82, 2.24) is 10.6 Å². The summed E-state index contributed by atoms with van der Waals surface area (Å²) in [6, 6.07) is 18.2. The first-order valence-electron chi connectivity index (χ1n) is 8.64. The van der Waals surface area contributed by atoms with Crippen LogP contribution in [-0.4, -0.2) is 30.0 Å². The number of amides is 1. The second kappa shape index (κ2) is 9.49. The van der Waals surface area contributed by atoms with Gasteiger partial charge in [0.25, 0.3) is 0 Å². The molecule has 2 aromatic carbocycles. The van der Waals surface area contributed by atoms with E-state index in [2.05, 4.69) is 10.6 Å². The maximum Gasteiger partial charge on any atom is 0.221 e. The molecular formula is C20H24N2O2S. The van der Waals surface area contributed by atoms with E-state index in [-0.39, 0.29) is 11.9 Å². The maximum atomic E-state index is 12.2. The van der Waals surface area contributed by atoms with Crippen LogP contribution in [0.2, 0.25) is 0 Å². The number of carbonyl (C=O) groups excluding carboxylic acids is 1. The number of thioether (sulfide) groups is 1. The molecule has 5 heteroatoms. The van der Waals surface area contributed by atoms with Crippen LogP contribution >= 0.6 is 11.8 Å². The van der Waals surface area contributed by atoms with E-state index < -0.39 is 0 Å². The van der Waals surface area contributed by atoms with E-state index in [4.69, 9.17) is 4.74 Å². The van der Waals surface area contributed by atoms with Gasteiger partial charge >= 0.3 is 0 Å².